The molecule has 1 atom stereocenters. The van der Waals surface area contributed by atoms with E-state index in [4.69, 9.17) is 23.3 Å². The Labute approximate surface area is 175 Å². The summed E-state index contributed by atoms with van der Waals surface area (Å²) in [4.78, 5) is 18.5. The molecule has 2 heterocycles. The molecule has 29 heavy (non-hydrogen) atoms. The zero-order chi connectivity index (χ0) is 20.4. The standard InChI is InChI=1S/C23H21ClN4O/c1-3-4-20-15-27(14-16-5-11-19(25-2)12-6-16)23(29)22-13-21(26-28(20)22)17-7-9-18(24)10-8-17/h5-13,20H,3-4,14-15H2,1H3. The molecule has 146 valence electrons. The molecule has 0 saturated heterocycles. The number of hydrogen-bond acceptors (Lipinski definition) is 2. The zero-order valence-electron chi connectivity index (χ0n) is 16.2. The number of amides is 1. The van der Waals surface area contributed by atoms with Crippen molar-refractivity contribution < 1.29 is 4.79 Å². The van der Waals surface area contributed by atoms with Gasteiger partial charge in [0.2, 0.25) is 0 Å². The second-order valence-corrected chi connectivity index (χ2v) is 7.71. The van der Waals surface area contributed by atoms with E-state index < -0.39 is 0 Å². The van der Waals surface area contributed by atoms with Crippen LogP contribution in [0.4, 0.5) is 5.69 Å². The summed E-state index contributed by atoms with van der Waals surface area (Å²) < 4.78 is 1.90. The van der Waals surface area contributed by atoms with E-state index >= 15 is 0 Å². The van der Waals surface area contributed by atoms with Crippen molar-refractivity contribution in [3.8, 4) is 11.3 Å². The number of carbonyl (C=O) groups is 1. The summed E-state index contributed by atoms with van der Waals surface area (Å²) >= 11 is 6.00. The number of rotatable bonds is 5. The van der Waals surface area contributed by atoms with Crippen LogP contribution in [-0.4, -0.2) is 27.1 Å². The summed E-state index contributed by atoms with van der Waals surface area (Å²) in [6.07, 6.45) is 1.97. The molecule has 1 aliphatic rings. The number of carbonyl (C=O) groups excluding carboxylic acids is 1. The molecular weight excluding hydrogens is 384 g/mol. The largest absolute Gasteiger partial charge is 0.331 e. The normalized spacial score (nSPS) is 15.8. The van der Waals surface area contributed by atoms with Gasteiger partial charge in [0.25, 0.3) is 5.91 Å². The second kappa shape index (κ2) is 8.10. The van der Waals surface area contributed by atoms with Gasteiger partial charge in [-0.2, -0.15) is 5.10 Å². The van der Waals surface area contributed by atoms with E-state index in [1.807, 2.05) is 52.0 Å². The first-order valence-corrected chi connectivity index (χ1v) is 10.1. The Morgan fingerprint density at radius 2 is 1.90 bits per heavy atom. The van der Waals surface area contributed by atoms with E-state index in [1.54, 1.807) is 12.1 Å². The third-order valence-electron chi connectivity index (χ3n) is 5.22. The second-order valence-electron chi connectivity index (χ2n) is 7.27. The van der Waals surface area contributed by atoms with Gasteiger partial charge in [-0.25, -0.2) is 4.85 Å². The SMILES string of the molecule is [C-]#[N+]c1ccc(CN2CC(CCC)n3nc(-c4ccc(Cl)cc4)cc3C2=O)cc1. The highest BCUT2D eigenvalue weighted by Crippen LogP contribution is 2.30. The van der Waals surface area contributed by atoms with Crippen LogP contribution in [0, 0.1) is 6.57 Å². The van der Waals surface area contributed by atoms with Crippen LogP contribution >= 0.6 is 11.6 Å². The zero-order valence-corrected chi connectivity index (χ0v) is 16.9. The van der Waals surface area contributed by atoms with E-state index in [1.165, 1.54) is 0 Å². The van der Waals surface area contributed by atoms with Gasteiger partial charge in [-0.1, -0.05) is 61.3 Å². The maximum absolute atomic E-state index is 13.2. The molecule has 1 amide bonds. The van der Waals surface area contributed by atoms with Crippen molar-refractivity contribution in [3.05, 3.63) is 82.3 Å². The quantitative estimate of drug-likeness (QED) is 0.508. The molecule has 0 saturated carbocycles. The van der Waals surface area contributed by atoms with E-state index in [2.05, 4.69) is 11.8 Å². The first-order chi connectivity index (χ1) is 14.1. The van der Waals surface area contributed by atoms with E-state index in [0.29, 0.717) is 29.5 Å². The molecule has 0 fully saturated rings. The lowest BCUT2D eigenvalue weighted by Crippen LogP contribution is -2.42. The van der Waals surface area contributed by atoms with Gasteiger partial charge in [-0.3, -0.25) is 9.48 Å². The van der Waals surface area contributed by atoms with Crippen molar-refractivity contribution in [3.63, 3.8) is 0 Å². The fraction of sp³-hybridized carbons (Fsp3) is 0.261. The lowest BCUT2D eigenvalue weighted by atomic mass is 10.1. The average Bonchev–Trinajstić information content (AvgIpc) is 3.19. The molecule has 0 radical (unpaired) electrons. The predicted octanol–water partition coefficient (Wildman–Crippen LogP) is 5.75. The molecule has 1 aromatic heterocycles. The first kappa shape index (κ1) is 19.2. The van der Waals surface area contributed by atoms with Gasteiger partial charge >= 0.3 is 0 Å². The minimum atomic E-state index is -0.0145. The lowest BCUT2D eigenvalue weighted by Gasteiger charge is -2.33. The summed E-state index contributed by atoms with van der Waals surface area (Å²) in [5.74, 6) is -0.0145. The maximum atomic E-state index is 13.2. The highest BCUT2D eigenvalue weighted by atomic mass is 35.5. The molecule has 1 aliphatic heterocycles. The fourth-order valence-corrected chi connectivity index (χ4v) is 3.88. The van der Waals surface area contributed by atoms with Crippen LogP contribution in [0.15, 0.2) is 54.6 Å². The number of fused-ring (bicyclic) bond motifs is 1. The highest BCUT2D eigenvalue weighted by Gasteiger charge is 2.32. The van der Waals surface area contributed by atoms with Crippen molar-refractivity contribution in [2.75, 3.05) is 6.54 Å². The Hall–Kier alpha value is -3.10. The summed E-state index contributed by atoms with van der Waals surface area (Å²) in [5.41, 5.74) is 3.98. The number of benzene rings is 2. The molecule has 0 N–H and O–H groups in total. The number of nitrogens with zero attached hydrogens (tertiary/aromatic N) is 4. The smallest absolute Gasteiger partial charge is 0.272 e. The van der Waals surface area contributed by atoms with Crippen LogP contribution in [-0.2, 0) is 6.54 Å². The molecule has 0 bridgehead atoms. The summed E-state index contributed by atoms with van der Waals surface area (Å²) in [7, 11) is 0. The van der Waals surface area contributed by atoms with Crippen molar-refractivity contribution in [1.29, 1.82) is 0 Å². The summed E-state index contributed by atoms with van der Waals surface area (Å²) in [6, 6.07) is 17.0. The summed E-state index contributed by atoms with van der Waals surface area (Å²) in [6.45, 7) is 10.4. The van der Waals surface area contributed by atoms with Crippen LogP contribution in [0.3, 0.4) is 0 Å². The van der Waals surface area contributed by atoms with Gasteiger partial charge < -0.3 is 4.90 Å². The number of halogens is 1. The number of aromatic nitrogens is 2. The molecule has 0 aliphatic carbocycles. The highest BCUT2D eigenvalue weighted by molar-refractivity contribution is 6.30. The van der Waals surface area contributed by atoms with Gasteiger partial charge in [0.15, 0.2) is 5.69 Å². The van der Waals surface area contributed by atoms with Crippen LogP contribution in [0.5, 0.6) is 0 Å². The van der Waals surface area contributed by atoms with E-state index in [-0.39, 0.29) is 11.9 Å². The maximum Gasteiger partial charge on any atom is 0.272 e. The number of hydrogen-bond donors (Lipinski definition) is 0. The topological polar surface area (TPSA) is 42.5 Å². The Morgan fingerprint density at radius 3 is 2.55 bits per heavy atom. The van der Waals surface area contributed by atoms with Crippen molar-refractivity contribution in [2.24, 2.45) is 0 Å². The molecule has 3 aromatic rings. The van der Waals surface area contributed by atoms with Gasteiger partial charge in [0.1, 0.15) is 5.69 Å². The van der Waals surface area contributed by atoms with Crippen LogP contribution in [0.1, 0.15) is 41.9 Å². The Morgan fingerprint density at radius 1 is 1.17 bits per heavy atom. The first-order valence-electron chi connectivity index (χ1n) is 9.70. The monoisotopic (exact) mass is 404 g/mol. The van der Waals surface area contributed by atoms with E-state index in [9.17, 15) is 4.79 Å². The van der Waals surface area contributed by atoms with Crippen molar-refractivity contribution >= 4 is 23.2 Å². The molecule has 0 spiro atoms. The molecule has 6 heteroatoms. The van der Waals surface area contributed by atoms with Crippen molar-refractivity contribution in [1.82, 2.24) is 14.7 Å². The summed E-state index contributed by atoms with van der Waals surface area (Å²) in [5, 5.41) is 5.43. The third kappa shape index (κ3) is 3.90. The van der Waals surface area contributed by atoms with Crippen LogP contribution in [0.25, 0.3) is 16.1 Å². The minimum absolute atomic E-state index is 0.0145. The molecule has 5 nitrogen and oxygen atoms in total. The lowest BCUT2D eigenvalue weighted by molar-refractivity contribution is 0.0636. The molecule has 2 aromatic carbocycles. The average molecular weight is 405 g/mol. The van der Waals surface area contributed by atoms with E-state index in [0.717, 1.165) is 29.7 Å². The van der Waals surface area contributed by atoms with Gasteiger partial charge in [0, 0.05) is 23.7 Å². The van der Waals surface area contributed by atoms with Gasteiger partial charge in [-0.05, 0) is 30.2 Å². The molecular formula is C23H21ClN4O. The Balaban J connectivity index is 1.65. The van der Waals surface area contributed by atoms with Crippen molar-refractivity contribution in [2.45, 2.75) is 32.4 Å². The Kier molecular flexibility index (Phi) is 5.37. The fourth-order valence-electron chi connectivity index (χ4n) is 3.75. The third-order valence-corrected chi connectivity index (χ3v) is 5.47. The molecule has 4 rings (SSSR count). The predicted molar refractivity (Wildman–Crippen MR) is 114 cm³/mol. The molecule has 1 unspecified atom stereocenters. The minimum Gasteiger partial charge on any atom is -0.331 e. The van der Waals surface area contributed by atoms with Crippen LogP contribution < -0.4 is 0 Å². The van der Waals surface area contributed by atoms with Crippen LogP contribution in [0.2, 0.25) is 5.02 Å². The van der Waals surface area contributed by atoms with Gasteiger partial charge in [0.05, 0.1) is 18.3 Å². The van der Waals surface area contributed by atoms with Gasteiger partial charge in [-0.15, -0.1) is 0 Å². The Bertz CT molecular complexity index is 1060.